The standard InChI is InChI=1S/C23H27N3O6S/c27-22(25-11-13-26(14-12-25)23(28)18-5-2-1-3-6-18)9-10-24-33(29,30)19-7-8-20-21(17-19)32-16-4-15-31-20/h1-3,5-8,17,24H,4,9-16H2. The molecule has 0 bridgehead atoms. The average Bonchev–Trinajstić information content (AvgIpc) is 3.09. The van der Waals surface area contributed by atoms with E-state index in [9.17, 15) is 18.0 Å². The summed E-state index contributed by atoms with van der Waals surface area (Å²) in [5.74, 6) is 0.717. The number of carbonyl (C=O) groups is 2. The lowest BCUT2D eigenvalue weighted by atomic mass is 10.2. The van der Waals surface area contributed by atoms with Crippen molar-refractivity contribution < 1.29 is 27.5 Å². The van der Waals surface area contributed by atoms with E-state index in [1.54, 1.807) is 28.0 Å². The van der Waals surface area contributed by atoms with Gasteiger partial charge in [-0.1, -0.05) is 18.2 Å². The highest BCUT2D eigenvalue weighted by molar-refractivity contribution is 7.89. The Morgan fingerprint density at radius 1 is 0.879 bits per heavy atom. The minimum atomic E-state index is -3.79. The molecule has 0 radical (unpaired) electrons. The predicted molar refractivity (Wildman–Crippen MR) is 121 cm³/mol. The summed E-state index contributed by atoms with van der Waals surface area (Å²) in [5, 5.41) is 0. The molecule has 0 unspecified atom stereocenters. The summed E-state index contributed by atoms with van der Waals surface area (Å²) in [6, 6.07) is 13.5. The van der Waals surface area contributed by atoms with Gasteiger partial charge in [-0.2, -0.15) is 0 Å². The van der Waals surface area contributed by atoms with Crippen molar-refractivity contribution in [2.24, 2.45) is 0 Å². The fourth-order valence-corrected chi connectivity index (χ4v) is 4.81. The van der Waals surface area contributed by atoms with Crippen LogP contribution in [0.4, 0.5) is 0 Å². The number of nitrogens with zero attached hydrogens (tertiary/aromatic N) is 2. The molecule has 2 aliphatic rings. The number of nitrogens with one attached hydrogen (secondary N) is 1. The van der Waals surface area contributed by atoms with Gasteiger partial charge in [-0.25, -0.2) is 13.1 Å². The molecule has 33 heavy (non-hydrogen) atoms. The van der Waals surface area contributed by atoms with Crippen LogP contribution < -0.4 is 14.2 Å². The van der Waals surface area contributed by atoms with Gasteiger partial charge in [0, 0.05) is 57.2 Å². The van der Waals surface area contributed by atoms with Crippen LogP contribution in [0, 0.1) is 0 Å². The van der Waals surface area contributed by atoms with Crippen molar-refractivity contribution in [1.29, 1.82) is 0 Å². The molecule has 2 amide bonds. The summed E-state index contributed by atoms with van der Waals surface area (Å²) in [4.78, 5) is 28.5. The molecule has 2 aromatic carbocycles. The van der Waals surface area contributed by atoms with Gasteiger partial charge in [0.1, 0.15) is 0 Å². The monoisotopic (exact) mass is 473 g/mol. The van der Waals surface area contributed by atoms with Gasteiger partial charge in [-0.05, 0) is 24.3 Å². The van der Waals surface area contributed by atoms with Crippen molar-refractivity contribution in [1.82, 2.24) is 14.5 Å². The topological polar surface area (TPSA) is 105 Å². The maximum Gasteiger partial charge on any atom is 0.253 e. The fraction of sp³-hybridized carbons (Fsp3) is 0.391. The first-order valence-electron chi connectivity index (χ1n) is 11.0. The molecule has 0 spiro atoms. The van der Waals surface area contributed by atoms with Crippen molar-refractivity contribution in [3.63, 3.8) is 0 Å². The molecular weight excluding hydrogens is 446 g/mol. The van der Waals surface area contributed by atoms with Crippen molar-refractivity contribution in [2.45, 2.75) is 17.7 Å². The molecule has 1 fully saturated rings. The molecular formula is C23H27N3O6S. The Morgan fingerprint density at radius 2 is 1.55 bits per heavy atom. The third kappa shape index (κ3) is 5.63. The first kappa shape index (κ1) is 23.1. The number of sulfonamides is 1. The summed E-state index contributed by atoms with van der Waals surface area (Å²) in [6.07, 6.45) is 0.766. The molecule has 9 nitrogen and oxygen atoms in total. The summed E-state index contributed by atoms with van der Waals surface area (Å²) in [6.45, 7) is 2.71. The SMILES string of the molecule is O=C(CCNS(=O)(=O)c1ccc2c(c1)OCCCO2)N1CCN(C(=O)c2ccccc2)CC1. The summed E-state index contributed by atoms with van der Waals surface area (Å²) in [5.41, 5.74) is 0.626. The van der Waals surface area contributed by atoms with Gasteiger partial charge in [-0.15, -0.1) is 0 Å². The number of benzene rings is 2. The lowest BCUT2D eigenvalue weighted by molar-refractivity contribution is -0.132. The number of carbonyl (C=O) groups excluding carboxylic acids is 2. The van der Waals surface area contributed by atoms with E-state index in [0.29, 0.717) is 56.5 Å². The van der Waals surface area contributed by atoms with Gasteiger partial charge in [-0.3, -0.25) is 9.59 Å². The van der Waals surface area contributed by atoms with Crippen LogP contribution in [-0.2, 0) is 14.8 Å². The van der Waals surface area contributed by atoms with Gasteiger partial charge in [0.25, 0.3) is 5.91 Å². The Balaban J connectivity index is 1.26. The van der Waals surface area contributed by atoms with Gasteiger partial charge in [0.15, 0.2) is 11.5 Å². The van der Waals surface area contributed by atoms with E-state index in [2.05, 4.69) is 4.72 Å². The first-order chi connectivity index (χ1) is 15.9. The molecule has 1 saturated heterocycles. The predicted octanol–water partition coefficient (Wildman–Crippen LogP) is 1.50. The zero-order valence-electron chi connectivity index (χ0n) is 18.2. The van der Waals surface area contributed by atoms with Crippen molar-refractivity contribution in [2.75, 3.05) is 45.9 Å². The number of piperazine rings is 1. The zero-order valence-corrected chi connectivity index (χ0v) is 19.1. The minimum Gasteiger partial charge on any atom is -0.490 e. The van der Waals surface area contributed by atoms with Crippen LogP contribution in [0.1, 0.15) is 23.2 Å². The lowest BCUT2D eigenvalue weighted by Gasteiger charge is -2.35. The number of hydrogen-bond donors (Lipinski definition) is 1. The van der Waals surface area contributed by atoms with Crippen LogP contribution in [0.2, 0.25) is 0 Å². The van der Waals surface area contributed by atoms with E-state index in [1.807, 2.05) is 18.2 Å². The molecule has 0 aromatic heterocycles. The Labute approximate surface area is 193 Å². The van der Waals surface area contributed by atoms with Crippen LogP contribution in [0.5, 0.6) is 11.5 Å². The van der Waals surface area contributed by atoms with E-state index >= 15 is 0 Å². The van der Waals surface area contributed by atoms with Crippen LogP contribution >= 0.6 is 0 Å². The summed E-state index contributed by atoms with van der Waals surface area (Å²) in [7, 11) is -3.79. The molecule has 2 heterocycles. The normalized spacial score (nSPS) is 16.2. The van der Waals surface area contributed by atoms with Gasteiger partial charge < -0.3 is 19.3 Å². The summed E-state index contributed by atoms with van der Waals surface area (Å²) >= 11 is 0. The molecule has 0 atom stereocenters. The van der Waals surface area contributed by atoms with E-state index in [1.165, 1.54) is 12.1 Å². The zero-order chi connectivity index (χ0) is 23.3. The smallest absolute Gasteiger partial charge is 0.253 e. The molecule has 0 saturated carbocycles. The quantitative estimate of drug-likeness (QED) is 0.682. The van der Waals surface area contributed by atoms with Gasteiger partial charge in [0.05, 0.1) is 18.1 Å². The van der Waals surface area contributed by atoms with Crippen molar-refractivity contribution >= 4 is 21.8 Å². The number of ether oxygens (including phenoxy) is 2. The second kappa shape index (κ2) is 10.2. The van der Waals surface area contributed by atoms with Crippen LogP contribution in [0.3, 0.4) is 0 Å². The summed E-state index contributed by atoms with van der Waals surface area (Å²) < 4.78 is 38.8. The molecule has 1 N–H and O–H groups in total. The molecule has 0 aliphatic carbocycles. The number of amides is 2. The molecule has 10 heteroatoms. The molecule has 2 aromatic rings. The van der Waals surface area contributed by atoms with E-state index in [0.717, 1.165) is 6.42 Å². The Hall–Kier alpha value is -3.11. The van der Waals surface area contributed by atoms with Crippen LogP contribution in [0.15, 0.2) is 53.4 Å². The minimum absolute atomic E-state index is 0.0151. The van der Waals surface area contributed by atoms with Gasteiger partial charge in [0.2, 0.25) is 15.9 Å². The number of fused-ring (bicyclic) bond motifs is 1. The maximum atomic E-state index is 12.6. The Bertz CT molecular complexity index is 1100. The highest BCUT2D eigenvalue weighted by atomic mass is 32.2. The highest BCUT2D eigenvalue weighted by Gasteiger charge is 2.25. The number of rotatable bonds is 6. The van der Waals surface area contributed by atoms with Crippen molar-refractivity contribution in [3.8, 4) is 11.5 Å². The second-order valence-electron chi connectivity index (χ2n) is 7.85. The Kier molecular flexibility index (Phi) is 7.14. The van der Waals surface area contributed by atoms with E-state index < -0.39 is 10.0 Å². The highest BCUT2D eigenvalue weighted by Crippen LogP contribution is 2.31. The van der Waals surface area contributed by atoms with Crippen LogP contribution in [0.25, 0.3) is 0 Å². The average molecular weight is 474 g/mol. The Morgan fingerprint density at radius 3 is 2.27 bits per heavy atom. The first-order valence-corrected chi connectivity index (χ1v) is 12.4. The largest absolute Gasteiger partial charge is 0.490 e. The second-order valence-corrected chi connectivity index (χ2v) is 9.61. The van der Waals surface area contributed by atoms with E-state index in [4.69, 9.17) is 9.47 Å². The van der Waals surface area contributed by atoms with Crippen LogP contribution in [-0.4, -0.2) is 76.0 Å². The maximum absolute atomic E-state index is 12.6. The van der Waals surface area contributed by atoms with Crippen molar-refractivity contribution in [3.05, 3.63) is 54.1 Å². The fourth-order valence-electron chi connectivity index (χ4n) is 3.77. The molecule has 2 aliphatic heterocycles. The van der Waals surface area contributed by atoms with E-state index in [-0.39, 0.29) is 29.7 Å². The number of hydrogen-bond acceptors (Lipinski definition) is 6. The van der Waals surface area contributed by atoms with Gasteiger partial charge >= 0.3 is 0 Å². The lowest BCUT2D eigenvalue weighted by Crippen LogP contribution is -2.51. The molecule has 176 valence electrons. The third-order valence-electron chi connectivity index (χ3n) is 5.60. The third-order valence-corrected chi connectivity index (χ3v) is 7.06. The molecule has 4 rings (SSSR count).